The first-order valence-corrected chi connectivity index (χ1v) is 9.54. The highest BCUT2D eigenvalue weighted by Gasteiger charge is 2.10. The minimum absolute atomic E-state index is 0.0712. The van der Waals surface area contributed by atoms with Crippen LogP contribution in [0.4, 0.5) is 0 Å². The van der Waals surface area contributed by atoms with Crippen LogP contribution in [-0.2, 0) is 10.5 Å². The number of aliphatic hydroxyl groups excluding tert-OH is 1. The zero-order valence-electron chi connectivity index (χ0n) is 14.3. The van der Waals surface area contributed by atoms with Crippen LogP contribution in [0.2, 0.25) is 0 Å². The van der Waals surface area contributed by atoms with Gasteiger partial charge in [-0.3, -0.25) is 4.79 Å². The highest BCUT2D eigenvalue weighted by Crippen LogP contribution is 2.15. The monoisotopic (exact) mass is 367 g/mol. The van der Waals surface area contributed by atoms with Crippen LogP contribution in [0.3, 0.4) is 0 Å². The number of carbonyl (C=O) groups excluding carboxylic acids is 1. The molecule has 134 valence electrons. The molecule has 3 rings (SSSR count). The van der Waals surface area contributed by atoms with Gasteiger partial charge in [-0.1, -0.05) is 42.5 Å². The summed E-state index contributed by atoms with van der Waals surface area (Å²) in [7, 11) is 0. The number of hydrogen-bond donors (Lipinski definition) is 2. The van der Waals surface area contributed by atoms with Crippen LogP contribution < -0.4 is 5.32 Å². The number of carbonyl (C=O) groups is 1. The lowest BCUT2D eigenvalue weighted by molar-refractivity contribution is -0.119. The average Bonchev–Trinajstić information content (AvgIpc) is 3.22. The molecule has 0 spiro atoms. The number of hydrogen-bond acceptors (Lipinski definition) is 4. The molecule has 1 heterocycles. The first-order valence-electron chi connectivity index (χ1n) is 8.39. The first kappa shape index (κ1) is 18.2. The maximum Gasteiger partial charge on any atom is 0.230 e. The molecule has 0 fully saturated rings. The molecule has 6 heteroatoms. The number of aliphatic hydroxyl groups is 1. The lowest BCUT2D eigenvalue weighted by Gasteiger charge is -2.13. The number of benzene rings is 2. The van der Waals surface area contributed by atoms with Gasteiger partial charge in [-0.15, -0.1) is 11.8 Å². The highest BCUT2D eigenvalue weighted by atomic mass is 32.2. The summed E-state index contributed by atoms with van der Waals surface area (Å²) in [6, 6.07) is 19.4. The minimum Gasteiger partial charge on any atom is -0.387 e. The molecule has 5 nitrogen and oxygen atoms in total. The number of rotatable bonds is 8. The second-order valence-corrected chi connectivity index (χ2v) is 6.83. The zero-order valence-corrected chi connectivity index (χ0v) is 15.1. The third-order valence-corrected chi connectivity index (χ3v) is 4.89. The van der Waals surface area contributed by atoms with Crippen molar-refractivity contribution in [1.82, 2.24) is 15.1 Å². The number of thioether (sulfide) groups is 1. The number of aromatic nitrogens is 2. The van der Waals surface area contributed by atoms with E-state index in [-0.39, 0.29) is 12.5 Å². The molecule has 2 N–H and O–H groups in total. The Morgan fingerprint density at radius 1 is 1.12 bits per heavy atom. The molecular weight excluding hydrogens is 346 g/mol. The van der Waals surface area contributed by atoms with Gasteiger partial charge >= 0.3 is 0 Å². The van der Waals surface area contributed by atoms with E-state index in [1.165, 1.54) is 5.56 Å². The maximum atomic E-state index is 11.9. The fourth-order valence-electron chi connectivity index (χ4n) is 2.49. The van der Waals surface area contributed by atoms with Crippen molar-refractivity contribution in [2.45, 2.75) is 11.9 Å². The molecule has 0 saturated heterocycles. The summed E-state index contributed by atoms with van der Waals surface area (Å²) in [5, 5.41) is 17.2. The summed E-state index contributed by atoms with van der Waals surface area (Å²) < 4.78 is 1.75. The Hall–Kier alpha value is -2.57. The van der Waals surface area contributed by atoms with Gasteiger partial charge in [0.15, 0.2) is 0 Å². The molecule has 0 saturated carbocycles. The lowest BCUT2D eigenvalue weighted by Crippen LogP contribution is -2.29. The number of amides is 1. The van der Waals surface area contributed by atoms with E-state index in [9.17, 15) is 9.90 Å². The van der Waals surface area contributed by atoms with Gasteiger partial charge in [-0.25, -0.2) is 4.68 Å². The summed E-state index contributed by atoms with van der Waals surface area (Å²) in [4.78, 5) is 11.9. The van der Waals surface area contributed by atoms with E-state index in [1.807, 2.05) is 66.9 Å². The van der Waals surface area contributed by atoms with Gasteiger partial charge < -0.3 is 10.4 Å². The standard InChI is InChI=1S/C20H21N3O2S/c24-19(17-7-9-18(10-8-17)23-12-4-11-22-23)13-21-20(25)15-26-14-16-5-2-1-3-6-16/h1-12,19,24H,13-15H2,(H,21,25). The Balaban J connectivity index is 1.41. The molecule has 0 aliphatic heterocycles. The van der Waals surface area contributed by atoms with Gasteiger partial charge in [0.05, 0.1) is 17.5 Å². The zero-order chi connectivity index (χ0) is 18.2. The Morgan fingerprint density at radius 2 is 1.88 bits per heavy atom. The Labute approximate surface area is 157 Å². The molecule has 0 radical (unpaired) electrons. The summed E-state index contributed by atoms with van der Waals surface area (Å²) in [5.74, 6) is 1.10. The van der Waals surface area contributed by atoms with Crippen LogP contribution in [0.15, 0.2) is 73.1 Å². The smallest absolute Gasteiger partial charge is 0.230 e. The molecule has 1 atom stereocenters. The first-order chi connectivity index (χ1) is 12.7. The normalized spacial score (nSPS) is 11.9. The molecule has 0 bridgehead atoms. The highest BCUT2D eigenvalue weighted by molar-refractivity contribution is 7.99. The van der Waals surface area contributed by atoms with Gasteiger partial charge in [0.1, 0.15) is 0 Å². The van der Waals surface area contributed by atoms with Crippen LogP contribution in [0.1, 0.15) is 17.2 Å². The molecule has 26 heavy (non-hydrogen) atoms. The van der Waals surface area contributed by atoms with Crippen LogP contribution in [0.25, 0.3) is 5.69 Å². The van der Waals surface area contributed by atoms with Gasteiger partial charge in [0.2, 0.25) is 5.91 Å². The summed E-state index contributed by atoms with van der Waals surface area (Å²) in [5.41, 5.74) is 2.88. The summed E-state index contributed by atoms with van der Waals surface area (Å²) >= 11 is 1.56. The molecule has 2 aromatic carbocycles. The van der Waals surface area contributed by atoms with Gasteiger partial charge in [-0.2, -0.15) is 5.10 Å². The van der Waals surface area contributed by atoms with Crippen LogP contribution in [0, 0.1) is 0 Å². The molecule has 0 aliphatic rings. The number of nitrogens with zero attached hydrogens (tertiary/aromatic N) is 2. The fraction of sp³-hybridized carbons (Fsp3) is 0.200. The van der Waals surface area contributed by atoms with Crippen LogP contribution >= 0.6 is 11.8 Å². The molecule has 0 aliphatic carbocycles. The van der Waals surface area contributed by atoms with E-state index in [1.54, 1.807) is 22.6 Å². The van der Waals surface area contributed by atoms with Crippen molar-refractivity contribution in [3.63, 3.8) is 0 Å². The van der Waals surface area contributed by atoms with Gasteiger partial charge in [0.25, 0.3) is 0 Å². The van der Waals surface area contributed by atoms with E-state index in [0.29, 0.717) is 5.75 Å². The maximum absolute atomic E-state index is 11.9. The van der Waals surface area contributed by atoms with E-state index < -0.39 is 6.10 Å². The van der Waals surface area contributed by atoms with Crippen molar-refractivity contribution in [1.29, 1.82) is 0 Å². The fourth-order valence-corrected chi connectivity index (χ4v) is 3.30. The predicted molar refractivity (Wildman–Crippen MR) is 104 cm³/mol. The third-order valence-electron chi connectivity index (χ3n) is 3.88. The van der Waals surface area contributed by atoms with E-state index >= 15 is 0 Å². The van der Waals surface area contributed by atoms with Crippen LogP contribution in [-0.4, -0.2) is 33.1 Å². The van der Waals surface area contributed by atoms with Crippen molar-refractivity contribution >= 4 is 17.7 Å². The minimum atomic E-state index is -0.732. The van der Waals surface area contributed by atoms with Crippen molar-refractivity contribution in [2.24, 2.45) is 0 Å². The SMILES string of the molecule is O=C(CSCc1ccccc1)NCC(O)c1ccc(-n2cccn2)cc1. The van der Waals surface area contributed by atoms with Crippen molar-refractivity contribution in [3.8, 4) is 5.69 Å². The molecule has 1 aromatic heterocycles. The topological polar surface area (TPSA) is 67.2 Å². The van der Waals surface area contributed by atoms with Gasteiger partial charge in [-0.05, 0) is 29.3 Å². The second-order valence-electron chi connectivity index (χ2n) is 5.84. The van der Waals surface area contributed by atoms with E-state index in [4.69, 9.17) is 0 Å². The Kier molecular flexibility index (Phi) is 6.46. The van der Waals surface area contributed by atoms with Crippen molar-refractivity contribution < 1.29 is 9.90 Å². The third kappa shape index (κ3) is 5.21. The largest absolute Gasteiger partial charge is 0.387 e. The quantitative estimate of drug-likeness (QED) is 0.642. The summed E-state index contributed by atoms with van der Waals surface area (Å²) in [6.07, 6.45) is 2.84. The Morgan fingerprint density at radius 3 is 2.58 bits per heavy atom. The summed E-state index contributed by atoms with van der Waals surface area (Å²) in [6.45, 7) is 0.200. The second kappa shape index (κ2) is 9.22. The van der Waals surface area contributed by atoms with Crippen molar-refractivity contribution in [3.05, 3.63) is 84.2 Å². The average molecular weight is 367 g/mol. The molecular formula is C20H21N3O2S. The van der Waals surface area contributed by atoms with Crippen LogP contribution in [0.5, 0.6) is 0 Å². The van der Waals surface area contributed by atoms with Crippen molar-refractivity contribution in [2.75, 3.05) is 12.3 Å². The Bertz CT molecular complexity index is 805. The van der Waals surface area contributed by atoms with E-state index in [0.717, 1.165) is 17.0 Å². The van der Waals surface area contributed by atoms with Gasteiger partial charge in [0, 0.05) is 24.7 Å². The lowest BCUT2D eigenvalue weighted by atomic mass is 10.1. The number of nitrogens with one attached hydrogen (secondary N) is 1. The molecule has 1 unspecified atom stereocenters. The molecule has 3 aromatic rings. The predicted octanol–water partition coefficient (Wildman–Crippen LogP) is 2.96. The van der Waals surface area contributed by atoms with E-state index in [2.05, 4.69) is 10.4 Å². The molecule has 1 amide bonds.